The van der Waals surface area contributed by atoms with E-state index in [1.165, 1.54) is 0 Å². The number of fused-ring (bicyclic) bond motifs is 1. The van der Waals surface area contributed by atoms with E-state index in [1.807, 2.05) is 24.3 Å². The smallest absolute Gasteiger partial charge is 0.110 e. The second kappa shape index (κ2) is 8.02. The molecule has 5 heteroatoms. The number of nitrogens with zero attached hydrogens (tertiary/aromatic N) is 2. The second-order valence-corrected chi connectivity index (χ2v) is 6.78. The van der Waals surface area contributed by atoms with Gasteiger partial charge in [-0.2, -0.15) is 0 Å². The first-order valence-electron chi connectivity index (χ1n) is 8.27. The number of hydrogen-bond acceptors (Lipinski definition) is 2. The Hall–Kier alpha value is -1.55. The first kappa shape index (κ1) is 17.3. The minimum absolute atomic E-state index is 0.654. The highest BCUT2D eigenvalue weighted by Gasteiger charge is 2.12. The van der Waals surface area contributed by atoms with Crippen molar-refractivity contribution < 1.29 is 0 Å². The summed E-state index contributed by atoms with van der Waals surface area (Å²) < 4.78 is 2.26. The monoisotopic (exact) mass is 361 g/mol. The number of aromatic nitrogens is 2. The molecule has 0 saturated carbocycles. The minimum atomic E-state index is 0.654. The van der Waals surface area contributed by atoms with E-state index in [-0.39, 0.29) is 0 Å². The molecule has 0 fully saturated rings. The molecule has 2 aromatic carbocycles. The maximum atomic E-state index is 6.36. The van der Waals surface area contributed by atoms with Crippen molar-refractivity contribution in [2.75, 3.05) is 6.54 Å². The first-order chi connectivity index (χ1) is 11.7. The van der Waals surface area contributed by atoms with E-state index in [0.29, 0.717) is 16.6 Å². The first-order valence-corrected chi connectivity index (χ1v) is 9.03. The Morgan fingerprint density at radius 2 is 1.83 bits per heavy atom. The highest BCUT2D eigenvalue weighted by Crippen LogP contribution is 2.25. The molecule has 0 aliphatic rings. The van der Waals surface area contributed by atoms with Gasteiger partial charge in [-0.15, -0.1) is 0 Å². The molecular weight excluding hydrogens is 341 g/mol. The molecule has 3 aromatic rings. The van der Waals surface area contributed by atoms with Crippen molar-refractivity contribution in [3.05, 3.63) is 63.9 Å². The molecule has 1 aromatic heterocycles. The Bertz CT molecular complexity index is 827. The van der Waals surface area contributed by atoms with Crippen LogP contribution in [0.25, 0.3) is 11.0 Å². The number of rotatable bonds is 7. The van der Waals surface area contributed by atoms with Crippen LogP contribution in [0.1, 0.15) is 30.7 Å². The zero-order valence-electron chi connectivity index (χ0n) is 13.5. The molecule has 0 aliphatic carbocycles. The van der Waals surface area contributed by atoms with Crippen LogP contribution in [0.3, 0.4) is 0 Å². The van der Waals surface area contributed by atoms with E-state index in [4.69, 9.17) is 33.9 Å². The molecule has 3 nitrogen and oxygen atoms in total. The molecule has 0 spiro atoms. The predicted molar refractivity (Wildman–Crippen MR) is 102 cm³/mol. The Labute approximate surface area is 152 Å². The molecule has 2 N–H and O–H groups in total. The highest BCUT2D eigenvalue weighted by atomic mass is 35.5. The number of hydrogen-bond donors (Lipinski definition) is 1. The van der Waals surface area contributed by atoms with Gasteiger partial charge in [-0.25, -0.2) is 4.98 Å². The van der Waals surface area contributed by atoms with Gasteiger partial charge in [0.15, 0.2) is 0 Å². The quantitative estimate of drug-likeness (QED) is 0.597. The lowest BCUT2D eigenvalue weighted by molar-refractivity contribution is 0.644. The second-order valence-electron chi connectivity index (χ2n) is 5.94. The third-order valence-corrected chi connectivity index (χ3v) is 4.77. The number of unbranched alkanes of at least 4 members (excludes halogenated alkanes) is 2. The summed E-state index contributed by atoms with van der Waals surface area (Å²) in [5.74, 6) is 1.10. The van der Waals surface area contributed by atoms with E-state index in [9.17, 15) is 0 Å². The lowest BCUT2D eigenvalue weighted by Crippen LogP contribution is -2.06. The zero-order chi connectivity index (χ0) is 16.9. The van der Waals surface area contributed by atoms with Crippen LogP contribution in [-0.2, 0) is 13.0 Å². The maximum absolute atomic E-state index is 6.36. The molecule has 0 aliphatic heterocycles. The molecule has 0 radical (unpaired) electrons. The Balaban J connectivity index is 1.91. The van der Waals surface area contributed by atoms with Gasteiger partial charge < -0.3 is 10.3 Å². The number of imidazole rings is 1. The number of benzene rings is 2. The molecule has 0 bridgehead atoms. The third-order valence-electron chi connectivity index (χ3n) is 4.18. The molecule has 3 rings (SSSR count). The van der Waals surface area contributed by atoms with Crippen LogP contribution in [0.4, 0.5) is 0 Å². The number of aryl methyl sites for hydroxylation is 1. The largest absolute Gasteiger partial charge is 0.330 e. The standard InChI is InChI=1S/C19H21Cl2N3/c20-15-10-9-14(16(21)12-15)13-24-18-7-4-3-6-17(18)23-19(24)8-2-1-5-11-22/h3-4,6-7,9-10,12H,1-2,5,8,11,13,22H2. The van der Waals surface area contributed by atoms with E-state index in [2.05, 4.69) is 16.7 Å². The van der Waals surface area contributed by atoms with Gasteiger partial charge in [-0.05, 0) is 49.2 Å². The van der Waals surface area contributed by atoms with E-state index in [0.717, 1.165) is 54.6 Å². The van der Waals surface area contributed by atoms with Crippen LogP contribution >= 0.6 is 23.2 Å². The van der Waals surface area contributed by atoms with Crippen molar-refractivity contribution >= 4 is 34.2 Å². The molecule has 0 amide bonds. The zero-order valence-corrected chi connectivity index (χ0v) is 15.0. The van der Waals surface area contributed by atoms with Gasteiger partial charge in [-0.1, -0.05) is 47.8 Å². The number of nitrogens with two attached hydrogens (primary N) is 1. The Kier molecular flexibility index (Phi) is 5.77. The van der Waals surface area contributed by atoms with Crippen LogP contribution < -0.4 is 5.73 Å². The fourth-order valence-electron chi connectivity index (χ4n) is 2.92. The van der Waals surface area contributed by atoms with Crippen molar-refractivity contribution in [1.29, 1.82) is 0 Å². The number of halogens is 2. The van der Waals surface area contributed by atoms with Gasteiger partial charge >= 0.3 is 0 Å². The van der Waals surface area contributed by atoms with Gasteiger partial charge in [0, 0.05) is 16.5 Å². The molecule has 0 unspecified atom stereocenters. The summed E-state index contributed by atoms with van der Waals surface area (Å²) in [5, 5.41) is 1.34. The van der Waals surface area contributed by atoms with Gasteiger partial charge in [0.05, 0.1) is 17.6 Å². The van der Waals surface area contributed by atoms with Crippen molar-refractivity contribution in [2.45, 2.75) is 32.2 Å². The van der Waals surface area contributed by atoms with E-state index in [1.54, 1.807) is 6.07 Å². The van der Waals surface area contributed by atoms with Crippen LogP contribution in [-0.4, -0.2) is 16.1 Å². The molecular formula is C19H21Cl2N3. The average Bonchev–Trinajstić information content (AvgIpc) is 2.92. The summed E-state index contributed by atoms with van der Waals surface area (Å²) in [6.45, 7) is 1.44. The lowest BCUT2D eigenvalue weighted by Gasteiger charge is -2.11. The van der Waals surface area contributed by atoms with Crippen LogP contribution in [0.5, 0.6) is 0 Å². The highest BCUT2D eigenvalue weighted by molar-refractivity contribution is 6.35. The number of para-hydroxylation sites is 2. The van der Waals surface area contributed by atoms with Crippen molar-refractivity contribution in [2.24, 2.45) is 5.73 Å². The van der Waals surface area contributed by atoms with Crippen molar-refractivity contribution in [3.8, 4) is 0 Å². The van der Waals surface area contributed by atoms with Gasteiger partial charge in [-0.3, -0.25) is 0 Å². The van der Waals surface area contributed by atoms with Crippen molar-refractivity contribution in [1.82, 2.24) is 9.55 Å². The van der Waals surface area contributed by atoms with Crippen LogP contribution in [0.2, 0.25) is 10.0 Å². The van der Waals surface area contributed by atoms with E-state index < -0.39 is 0 Å². The molecule has 0 saturated heterocycles. The van der Waals surface area contributed by atoms with Crippen LogP contribution in [0.15, 0.2) is 42.5 Å². The minimum Gasteiger partial charge on any atom is -0.330 e. The normalized spacial score (nSPS) is 11.3. The SMILES string of the molecule is NCCCCCc1nc2ccccc2n1Cc1ccc(Cl)cc1Cl. The van der Waals surface area contributed by atoms with Crippen LogP contribution in [0, 0.1) is 0 Å². The summed E-state index contributed by atoms with van der Waals surface area (Å²) >= 11 is 12.4. The molecule has 0 atom stereocenters. The fraction of sp³-hybridized carbons (Fsp3) is 0.316. The molecule has 1 heterocycles. The van der Waals surface area contributed by atoms with Gasteiger partial charge in [0.2, 0.25) is 0 Å². The summed E-state index contributed by atoms with van der Waals surface area (Å²) in [6, 6.07) is 13.9. The topological polar surface area (TPSA) is 43.8 Å². The average molecular weight is 362 g/mol. The third kappa shape index (κ3) is 3.92. The predicted octanol–water partition coefficient (Wildman–Crippen LogP) is 5.06. The van der Waals surface area contributed by atoms with Gasteiger partial charge in [0.25, 0.3) is 0 Å². The molecule has 126 valence electrons. The molecule has 24 heavy (non-hydrogen) atoms. The Morgan fingerprint density at radius 3 is 2.62 bits per heavy atom. The summed E-state index contributed by atoms with van der Waals surface area (Å²) in [6.07, 6.45) is 4.22. The summed E-state index contributed by atoms with van der Waals surface area (Å²) in [5.41, 5.74) is 8.79. The van der Waals surface area contributed by atoms with Gasteiger partial charge in [0.1, 0.15) is 5.82 Å². The summed E-state index contributed by atoms with van der Waals surface area (Å²) in [7, 11) is 0. The van der Waals surface area contributed by atoms with E-state index >= 15 is 0 Å². The summed E-state index contributed by atoms with van der Waals surface area (Å²) in [4.78, 5) is 4.82. The lowest BCUT2D eigenvalue weighted by atomic mass is 10.1. The fourth-order valence-corrected chi connectivity index (χ4v) is 3.39. The maximum Gasteiger partial charge on any atom is 0.110 e. The Morgan fingerprint density at radius 1 is 1.00 bits per heavy atom. The van der Waals surface area contributed by atoms with Crippen molar-refractivity contribution in [3.63, 3.8) is 0 Å².